The van der Waals surface area contributed by atoms with Gasteiger partial charge < -0.3 is 10.7 Å². The number of carbonyl (C=O) groups is 1. The van der Waals surface area contributed by atoms with Gasteiger partial charge in [-0.25, -0.2) is 4.98 Å². The molecule has 0 radical (unpaired) electrons. The molecule has 2 heterocycles. The van der Waals surface area contributed by atoms with Gasteiger partial charge in [0.05, 0.1) is 17.6 Å². The summed E-state index contributed by atoms with van der Waals surface area (Å²) in [6.45, 7) is 0. The molecule has 1 amide bonds. The van der Waals surface area contributed by atoms with Crippen molar-refractivity contribution in [3.8, 4) is 22.5 Å². The van der Waals surface area contributed by atoms with Gasteiger partial charge >= 0.3 is 0 Å². The van der Waals surface area contributed by atoms with E-state index in [1.165, 1.54) is 0 Å². The molecule has 0 unspecified atom stereocenters. The van der Waals surface area contributed by atoms with Gasteiger partial charge in [-0.05, 0) is 25.0 Å². The number of amides is 1. The first-order valence-electron chi connectivity index (χ1n) is 8.65. The summed E-state index contributed by atoms with van der Waals surface area (Å²) in [6, 6.07) is 10.2. The van der Waals surface area contributed by atoms with Crippen LogP contribution in [0, 0.1) is 0 Å². The molecule has 130 valence electrons. The van der Waals surface area contributed by atoms with Crippen molar-refractivity contribution in [1.82, 2.24) is 20.2 Å². The molecule has 0 aliphatic carbocycles. The Morgan fingerprint density at radius 1 is 1.04 bits per heavy atom. The van der Waals surface area contributed by atoms with Crippen LogP contribution >= 0.6 is 0 Å². The molecule has 0 bridgehead atoms. The van der Waals surface area contributed by atoms with Gasteiger partial charge in [0.25, 0.3) is 0 Å². The van der Waals surface area contributed by atoms with Crippen molar-refractivity contribution in [2.75, 3.05) is 0 Å². The van der Waals surface area contributed by atoms with Gasteiger partial charge in [0.15, 0.2) is 0 Å². The van der Waals surface area contributed by atoms with Crippen LogP contribution in [-0.4, -0.2) is 26.1 Å². The van der Waals surface area contributed by atoms with Crippen molar-refractivity contribution < 1.29 is 4.79 Å². The lowest BCUT2D eigenvalue weighted by atomic mass is 10.1. The molecule has 4 N–H and O–H groups in total. The Morgan fingerprint density at radius 2 is 1.84 bits per heavy atom. The van der Waals surface area contributed by atoms with Gasteiger partial charge in [0, 0.05) is 30.2 Å². The van der Waals surface area contributed by atoms with Crippen molar-refractivity contribution in [2.45, 2.75) is 38.5 Å². The van der Waals surface area contributed by atoms with Crippen LogP contribution in [0.15, 0.2) is 42.7 Å². The highest BCUT2D eigenvalue weighted by molar-refractivity contribution is 5.73. The van der Waals surface area contributed by atoms with Crippen LogP contribution in [0.25, 0.3) is 22.5 Å². The second kappa shape index (κ2) is 8.28. The molecule has 25 heavy (non-hydrogen) atoms. The molecule has 0 saturated carbocycles. The van der Waals surface area contributed by atoms with Crippen LogP contribution in [0.3, 0.4) is 0 Å². The van der Waals surface area contributed by atoms with Crippen LogP contribution < -0.4 is 5.73 Å². The maximum atomic E-state index is 10.7. The number of nitrogens with zero attached hydrogens (tertiary/aromatic N) is 2. The molecular formula is C19H23N5O. The molecule has 3 rings (SSSR count). The number of carbonyl (C=O) groups excluding carboxylic acids is 1. The zero-order valence-corrected chi connectivity index (χ0v) is 14.2. The Balaban J connectivity index is 1.55. The molecule has 0 atom stereocenters. The van der Waals surface area contributed by atoms with Crippen molar-refractivity contribution in [1.29, 1.82) is 0 Å². The van der Waals surface area contributed by atoms with Crippen LogP contribution in [0.1, 0.15) is 37.9 Å². The van der Waals surface area contributed by atoms with Crippen molar-refractivity contribution >= 4 is 5.91 Å². The monoisotopic (exact) mass is 337 g/mol. The molecule has 6 nitrogen and oxygen atoms in total. The Morgan fingerprint density at radius 3 is 2.60 bits per heavy atom. The lowest BCUT2D eigenvalue weighted by molar-refractivity contribution is -0.118. The summed E-state index contributed by atoms with van der Waals surface area (Å²) in [5.74, 6) is 0.782. The lowest BCUT2D eigenvalue weighted by Crippen LogP contribution is -2.09. The smallest absolute Gasteiger partial charge is 0.217 e. The molecule has 3 aromatic rings. The molecule has 0 aliphatic rings. The molecule has 0 fully saturated rings. The Bertz CT molecular complexity index is 807. The molecular weight excluding hydrogens is 314 g/mol. The van der Waals surface area contributed by atoms with Gasteiger partial charge in [-0.1, -0.05) is 31.0 Å². The highest BCUT2D eigenvalue weighted by atomic mass is 16.1. The fourth-order valence-corrected chi connectivity index (χ4v) is 2.85. The number of aryl methyl sites for hydroxylation is 1. The second-order valence-corrected chi connectivity index (χ2v) is 6.18. The van der Waals surface area contributed by atoms with Gasteiger partial charge in [0.1, 0.15) is 5.82 Å². The SMILES string of the molecule is NC(=O)CCCCCCc1ncc(-c2cccc(-c3ccn[nH]3)c2)[nH]1. The number of primary amides is 1. The Hall–Kier alpha value is -2.89. The van der Waals surface area contributed by atoms with Crippen molar-refractivity contribution in [3.63, 3.8) is 0 Å². The molecule has 0 aliphatic heterocycles. The van der Waals surface area contributed by atoms with E-state index in [0.717, 1.165) is 60.4 Å². The standard InChI is InChI=1S/C19H23N5O/c20-18(25)8-3-1-2-4-9-19-21-13-17(23-19)15-7-5-6-14(12-15)16-10-11-22-24-16/h5-7,10-13H,1-4,8-9H2,(H2,20,25)(H,21,23)(H,22,24). The third kappa shape index (κ3) is 4.79. The summed E-state index contributed by atoms with van der Waals surface area (Å²) in [6.07, 6.45) is 9.07. The second-order valence-electron chi connectivity index (χ2n) is 6.18. The van der Waals surface area contributed by atoms with Gasteiger partial charge in [-0.15, -0.1) is 0 Å². The van der Waals surface area contributed by atoms with Gasteiger partial charge in [-0.3, -0.25) is 9.89 Å². The average Bonchev–Trinajstić information content (AvgIpc) is 3.29. The van der Waals surface area contributed by atoms with Crippen LogP contribution in [0.5, 0.6) is 0 Å². The van der Waals surface area contributed by atoms with Gasteiger partial charge in [0.2, 0.25) is 5.91 Å². The van der Waals surface area contributed by atoms with Crippen molar-refractivity contribution in [2.24, 2.45) is 5.73 Å². The molecule has 1 aromatic carbocycles. The van der Waals surface area contributed by atoms with E-state index < -0.39 is 0 Å². The lowest BCUT2D eigenvalue weighted by Gasteiger charge is -2.02. The van der Waals surface area contributed by atoms with Gasteiger partial charge in [-0.2, -0.15) is 5.10 Å². The first-order valence-corrected chi connectivity index (χ1v) is 8.65. The first-order chi connectivity index (χ1) is 12.2. The number of H-pyrrole nitrogens is 2. The van der Waals surface area contributed by atoms with Crippen LogP contribution in [-0.2, 0) is 11.2 Å². The Kier molecular flexibility index (Phi) is 5.61. The highest BCUT2D eigenvalue weighted by Gasteiger charge is 2.06. The van der Waals surface area contributed by atoms with E-state index in [4.69, 9.17) is 5.73 Å². The summed E-state index contributed by atoms with van der Waals surface area (Å²) in [4.78, 5) is 18.6. The first kappa shape index (κ1) is 17.0. The zero-order valence-electron chi connectivity index (χ0n) is 14.2. The van der Waals surface area contributed by atoms with E-state index in [2.05, 4.69) is 38.4 Å². The topological polar surface area (TPSA) is 100 Å². The molecule has 0 spiro atoms. The maximum Gasteiger partial charge on any atom is 0.217 e. The van der Waals surface area contributed by atoms with E-state index in [1.54, 1.807) is 6.20 Å². The molecule has 6 heteroatoms. The minimum atomic E-state index is -0.215. The van der Waals surface area contributed by atoms with E-state index in [-0.39, 0.29) is 5.91 Å². The Labute approximate surface area is 146 Å². The summed E-state index contributed by atoms with van der Waals surface area (Å²) in [5.41, 5.74) is 9.36. The number of nitrogens with one attached hydrogen (secondary N) is 2. The highest BCUT2D eigenvalue weighted by Crippen LogP contribution is 2.24. The van der Waals surface area contributed by atoms with E-state index in [9.17, 15) is 4.79 Å². The average molecular weight is 337 g/mol. The number of hydrogen-bond acceptors (Lipinski definition) is 3. The fourth-order valence-electron chi connectivity index (χ4n) is 2.85. The number of hydrogen-bond donors (Lipinski definition) is 3. The largest absolute Gasteiger partial charge is 0.370 e. The number of rotatable bonds is 9. The third-order valence-corrected chi connectivity index (χ3v) is 4.20. The van der Waals surface area contributed by atoms with E-state index in [1.807, 2.05) is 18.3 Å². The summed E-state index contributed by atoms with van der Waals surface area (Å²) in [7, 11) is 0. The van der Waals surface area contributed by atoms with Crippen LogP contribution in [0.2, 0.25) is 0 Å². The number of imidazole rings is 1. The van der Waals surface area contributed by atoms with E-state index in [0.29, 0.717) is 6.42 Å². The summed E-state index contributed by atoms with van der Waals surface area (Å²) < 4.78 is 0. The maximum absolute atomic E-state index is 10.7. The molecule has 2 aromatic heterocycles. The number of benzene rings is 1. The number of unbranched alkanes of at least 4 members (excludes halogenated alkanes) is 3. The number of nitrogens with two attached hydrogens (primary N) is 1. The zero-order chi connectivity index (χ0) is 17.5. The van der Waals surface area contributed by atoms with E-state index >= 15 is 0 Å². The summed E-state index contributed by atoms with van der Waals surface area (Å²) >= 11 is 0. The molecule has 0 saturated heterocycles. The number of aromatic amines is 2. The van der Waals surface area contributed by atoms with Crippen molar-refractivity contribution in [3.05, 3.63) is 48.5 Å². The fraction of sp³-hybridized carbons (Fsp3) is 0.316. The quantitative estimate of drug-likeness (QED) is 0.521. The predicted molar refractivity (Wildman–Crippen MR) is 97.6 cm³/mol. The third-order valence-electron chi connectivity index (χ3n) is 4.20. The summed E-state index contributed by atoms with van der Waals surface area (Å²) in [5, 5.41) is 6.98. The number of aromatic nitrogens is 4. The normalized spacial score (nSPS) is 10.9. The van der Waals surface area contributed by atoms with Crippen LogP contribution in [0.4, 0.5) is 0 Å². The minimum Gasteiger partial charge on any atom is -0.370 e. The minimum absolute atomic E-state index is 0.215. The predicted octanol–water partition coefficient (Wildman–Crippen LogP) is 3.45.